The number of aromatic nitrogens is 2. The summed E-state index contributed by atoms with van der Waals surface area (Å²) in [6.45, 7) is 7.51. The first-order valence-electron chi connectivity index (χ1n) is 7.00. The number of benzene rings is 1. The van der Waals surface area contributed by atoms with E-state index in [4.69, 9.17) is 9.97 Å². The number of pyridine rings is 2. The first-order chi connectivity index (χ1) is 10.8. The third kappa shape index (κ3) is 3.18. The fourth-order valence-electron chi connectivity index (χ4n) is 2.18. The van der Waals surface area contributed by atoms with E-state index in [1.165, 1.54) is 0 Å². The van der Waals surface area contributed by atoms with Gasteiger partial charge in [0.25, 0.3) is 0 Å². The molecule has 3 rings (SSSR count). The largest absolute Gasteiger partial charge is 0.239 e. The summed E-state index contributed by atoms with van der Waals surface area (Å²) < 4.78 is 0. The van der Waals surface area contributed by atoms with Gasteiger partial charge in [0.1, 0.15) is 0 Å². The van der Waals surface area contributed by atoms with E-state index in [1.807, 2.05) is 12.2 Å². The third-order valence-electron chi connectivity index (χ3n) is 3.17. The van der Waals surface area contributed by atoms with E-state index < -0.39 is 0 Å². The predicted molar refractivity (Wildman–Crippen MR) is 98.9 cm³/mol. The summed E-state index contributed by atoms with van der Waals surface area (Å²) in [6.07, 6.45) is 3.78. The molecular weight excluding hydrogens is 308 g/mol. The molecule has 2 aromatic heterocycles. The van der Waals surface area contributed by atoms with E-state index in [2.05, 4.69) is 49.6 Å². The molecule has 0 saturated heterocycles. The van der Waals surface area contributed by atoms with Gasteiger partial charge in [-0.15, -0.1) is 36.7 Å². The zero-order chi connectivity index (χ0) is 15.4. The molecular formula is C18H16N2S2. The fraction of sp³-hybridized carbons (Fsp3) is 0.111. The molecule has 0 aliphatic rings. The van der Waals surface area contributed by atoms with Crippen molar-refractivity contribution in [2.75, 3.05) is 11.5 Å². The number of hydrogen-bond acceptors (Lipinski definition) is 4. The van der Waals surface area contributed by atoms with Crippen LogP contribution in [0.3, 0.4) is 0 Å². The van der Waals surface area contributed by atoms with Crippen LogP contribution in [0.4, 0.5) is 0 Å². The Labute approximate surface area is 138 Å². The molecule has 0 radical (unpaired) electrons. The highest BCUT2D eigenvalue weighted by molar-refractivity contribution is 7.99. The molecule has 0 unspecified atom stereocenters. The number of thioether (sulfide) groups is 2. The number of rotatable bonds is 6. The van der Waals surface area contributed by atoms with Crippen molar-refractivity contribution in [3.05, 3.63) is 61.7 Å². The summed E-state index contributed by atoms with van der Waals surface area (Å²) >= 11 is 3.37. The highest BCUT2D eigenvalue weighted by atomic mass is 32.2. The molecule has 0 fully saturated rings. The molecule has 110 valence electrons. The SMILES string of the molecule is C=CCSc1ccc2ccc3ccc(SCC=C)nc3c2n1. The van der Waals surface area contributed by atoms with Crippen LogP contribution in [0.5, 0.6) is 0 Å². The van der Waals surface area contributed by atoms with Gasteiger partial charge in [0, 0.05) is 22.3 Å². The van der Waals surface area contributed by atoms with Crippen LogP contribution < -0.4 is 0 Å². The van der Waals surface area contributed by atoms with Gasteiger partial charge in [-0.2, -0.15) is 0 Å². The van der Waals surface area contributed by atoms with Crippen LogP contribution in [0, 0.1) is 0 Å². The van der Waals surface area contributed by atoms with Gasteiger partial charge in [-0.05, 0) is 12.1 Å². The minimum Gasteiger partial charge on any atom is -0.239 e. The van der Waals surface area contributed by atoms with E-state index in [-0.39, 0.29) is 0 Å². The van der Waals surface area contributed by atoms with Crippen molar-refractivity contribution in [1.29, 1.82) is 0 Å². The van der Waals surface area contributed by atoms with E-state index in [9.17, 15) is 0 Å². The second-order valence-corrected chi connectivity index (χ2v) is 6.79. The Morgan fingerprint density at radius 3 is 1.55 bits per heavy atom. The van der Waals surface area contributed by atoms with Crippen LogP contribution in [0.2, 0.25) is 0 Å². The lowest BCUT2D eigenvalue weighted by molar-refractivity contribution is 1.16. The van der Waals surface area contributed by atoms with Crippen molar-refractivity contribution < 1.29 is 0 Å². The van der Waals surface area contributed by atoms with Gasteiger partial charge in [-0.25, -0.2) is 9.97 Å². The molecule has 0 aliphatic heterocycles. The van der Waals surface area contributed by atoms with Crippen molar-refractivity contribution >= 4 is 45.3 Å². The molecule has 2 nitrogen and oxygen atoms in total. The van der Waals surface area contributed by atoms with Crippen LogP contribution in [-0.4, -0.2) is 21.5 Å². The van der Waals surface area contributed by atoms with Gasteiger partial charge >= 0.3 is 0 Å². The maximum atomic E-state index is 4.79. The van der Waals surface area contributed by atoms with Gasteiger partial charge in [-0.3, -0.25) is 0 Å². The van der Waals surface area contributed by atoms with Crippen LogP contribution in [0.25, 0.3) is 21.8 Å². The quantitative estimate of drug-likeness (QED) is 0.347. The molecule has 1 aromatic carbocycles. The Balaban J connectivity index is 2.12. The van der Waals surface area contributed by atoms with Crippen molar-refractivity contribution in [2.45, 2.75) is 10.1 Å². The number of nitrogens with zero attached hydrogens (tertiary/aromatic N) is 2. The summed E-state index contributed by atoms with van der Waals surface area (Å²) in [5.41, 5.74) is 1.93. The predicted octanol–water partition coefficient (Wildman–Crippen LogP) is 5.34. The highest BCUT2D eigenvalue weighted by Gasteiger charge is 2.06. The molecule has 2 heterocycles. The van der Waals surface area contributed by atoms with E-state index in [0.717, 1.165) is 43.4 Å². The van der Waals surface area contributed by atoms with E-state index >= 15 is 0 Å². The second kappa shape index (κ2) is 6.99. The Hall–Kier alpha value is -1.78. The van der Waals surface area contributed by atoms with Gasteiger partial charge in [0.15, 0.2) is 0 Å². The minimum atomic E-state index is 0.858. The number of hydrogen-bond donors (Lipinski definition) is 0. The molecule has 0 bridgehead atoms. The molecule has 0 aliphatic carbocycles. The maximum absolute atomic E-state index is 4.79. The van der Waals surface area contributed by atoms with Gasteiger partial charge in [0.05, 0.1) is 21.1 Å². The van der Waals surface area contributed by atoms with Crippen LogP contribution >= 0.6 is 23.5 Å². The Kier molecular flexibility index (Phi) is 4.80. The fourth-order valence-corrected chi connectivity index (χ4v) is 3.40. The zero-order valence-electron chi connectivity index (χ0n) is 12.2. The van der Waals surface area contributed by atoms with Crippen molar-refractivity contribution in [2.24, 2.45) is 0 Å². The lowest BCUT2D eigenvalue weighted by Gasteiger charge is -2.06. The molecule has 0 amide bonds. The van der Waals surface area contributed by atoms with Crippen LogP contribution in [-0.2, 0) is 0 Å². The van der Waals surface area contributed by atoms with Gasteiger partial charge in [0.2, 0.25) is 0 Å². The molecule has 22 heavy (non-hydrogen) atoms. The summed E-state index contributed by atoms with van der Waals surface area (Å²) in [5.74, 6) is 1.72. The average molecular weight is 324 g/mol. The zero-order valence-corrected chi connectivity index (χ0v) is 13.8. The molecule has 0 spiro atoms. The van der Waals surface area contributed by atoms with Crippen molar-refractivity contribution in [1.82, 2.24) is 9.97 Å². The third-order valence-corrected chi connectivity index (χ3v) is 5.02. The molecule has 4 heteroatoms. The lowest BCUT2D eigenvalue weighted by atomic mass is 10.1. The molecule has 0 atom stereocenters. The summed E-state index contributed by atoms with van der Waals surface area (Å²) in [5, 5.41) is 4.25. The van der Waals surface area contributed by atoms with E-state index in [1.54, 1.807) is 23.5 Å². The molecule has 0 saturated carbocycles. The monoisotopic (exact) mass is 324 g/mol. The second-order valence-electron chi connectivity index (χ2n) is 4.71. The molecule has 3 aromatic rings. The standard InChI is InChI=1S/C18H16N2S2/c1-3-11-21-15-9-7-13-5-6-14-8-10-16(22-12-4-2)20-18(14)17(13)19-15/h3-10H,1-2,11-12H2. The van der Waals surface area contributed by atoms with Crippen molar-refractivity contribution in [3.63, 3.8) is 0 Å². The lowest BCUT2D eigenvalue weighted by Crippen LogP contribution is -1.89. The Morgan fingerprint density at radius 1 is 0.727 bits per heavy atom. The van der Waals surface area contributed by atoms with Crippen LogP contribution in [0.1, 0.15) is 0 Å². The summed E-state index contributed by atoms with van der Waals surface area (Å²) in [7, 11) is 0. The maximum Gasteiger partial charge on any atom is 0.0978 e. The van der Waals surface area contributed by atoms with Gasteiger partial charge in [-0.1, -0.05) is 36.4 Å². The highest BCUT2D eigenvalue weighted by Crippen LogP contribution is 2.27. The first kappa shape index (κ1) is 15.1. The average Bonchev–Trinajstić information content (AvgIpc) is 2.57. The normalized spacial score (nSPS) is 10.9. The minimum absolute atomic E-state index is 0.858. The Morgan fingerprint density at radius 2 is 1.14 bits per heavy atom. The summed E-state index contributed by atoms with van der Waals surface area (Å²) in [4.78, 5) is 9.57. The van der Waals surface area contributed by atoms with Crippen LogP contribution in [0.15, 0.2) is 71.8 Å². The topological polar surface area (TPSA) is 25.8 Å². The first-order valence-corrected chi connectivity index (χ1v) is 8.97. The Bertz CT molecular complexity index is 772. The smallest absolute Gasteiger partial charge is 0.0978 e. The van der Waals surface area contributed by atoms with E-state index in [0.29, 0.717) is 0 Å². The molecule has 0 N–H and O–H groups in total. The van der Waals surface area contributed by atoms with Gasteiger partial charge < -0.3 is 0 Å². The van der Waals surface area contributed by atoms with Crippen molar-refractivity contribution in [3.8, 4) is 0 Å². The number of fused-ring (bicyclic) bond motifs is 3. The summed E-state index contributed by atoms with van der Waals surface area (Å²) in [6, 6.07) is 12.5.